The Morgan fingerprint density at radius 2 is 1.93 bits per heavy atom. The summed E-state index contributed by atoms with van der Waals surface area (Å²) in [6, 6.07) is 15.5. The molecule has 7 nitrogen and oxygen atoms in total. The molecular weight excluding hydrogens is 376 g/mol. The third-order valence-corrected chi connectivity index (χ3v) is 5.06. The number of rotatable bonds is 5. The summed E-state index contributed by atoms with van der Waals surface area (Å²) in [6.45, 7) is 5.98. The van der Waals surface area contributed by atoms with Crippen molar-refractivity contribution in [2.24, 2.45) is 5.10 Å². The zero-order valence-corrected chi connectivity index (χ0v) is 17.3. The minimum absolute atomic E-state index is 0.0134. The Kier molecular flexibility index (Phi) is 5.18. The quantitative estimate of drug-likeness (QED) is 0.497. The number of hydrogen-bond donors (Lipinski definition) is 2. The smallest absolute Gasteiger partial charge is 0.257 e. The summed E-state index contributed by atoms with van der Waals surface area (Å²) in [4.78, 5) is 22.4. The molecule has 0 saturated carbocycles. The number of hydrogen-bond acceptors (Lipinski definition) is 5. The maximum atomic E-state index is 13.0. The number of nitrogen functional groups attached to an aromatic ring is 1. The minimum Gasteiger partial charge on any atom is -0.383 e. The van der Waals surface area contributed by atoms with Crippen molar-refractivity contribution in [3.05, 3.63) is 65.2 Å². The zero-order chi connectivity index (χ0) is 21.3. The molecule has 0 spiro atoms. The first-order valence-electron chi connectivity index (χ1n) is 9.96. The van der Waals surface area contributed by atoms with Crippen molar-refractivity contribution in [3.63, 3.8) is 0 Å². The van der Waals surface area contributed by atoms with Crippen molar-refractivity contribution in [3.8, 4) is 0 Å². The monoisotopic (exact) mass is 400 g/mol. The lowest BCUT2D eigenvalue weighted by Gasteiger charge is -2.11. The van der Waals surface area contributed by atoms with Gasteiger partial charge >= 0.3 is 0 Å². The van der Waals surface area contributed by atoms with E-state index in [1.807, 2.05) is 69.3 Å². The molecule has 0 saturated heterocycles. The second kappa shape index (κ2) is 7.94. The number of para-hydroxylation sites is 2. The fraction of sp³-hybridized carbons (Fsp3) is 0.217. The van der Waals surface area contributed by atoms with Crippen LogP contribution in [0.2, 0.25) is 0 Å². The predicted molar refractivity (Wildman–Crippen MR) is 121 cm³/mol. The number of carbonyl (C=O) groups excluding carboxylic acids is 1. The molecule has 0 aliphatic heterocycles. The second-order valence-corrected chi connectivity index (χ2v) is 7.40. The van der Waals surface area contributed by atoms with E-state index in [-0.39, 0.29) is 17.8 Å². The number of nitrogens with zero attached hydrogens (tertiary/aromatic N) is 4. The van der Waals surface area contributed by atoms with Crippen molar-refractivity contribution in [2.75, 3.05) is 5.73 Å². The molecule has 4 aromatic rings. The molecule has 0 radical (unpaired) electrons. The van der Waals surface area contributed by atoms with Crippen LogP contribution in [0.25, 0.3) is 22.2 Å². The van der Waals surface area contributed by atoms with Gasteiger partial charge < -0.3 is 11.1 Å². The van der Waals surface area contributed by atoms with Crippen LogP contribution < -0.4 is 11.1 Å². The molecule has 1 atom stereocenters. The van der Waals surface area contributed by atoms with Crippen LogP contribution in [0.5, 0.6) is 0 Å². The lowest BCUT2D eigenvalue weighted by Crippen LogP contribution is -2.32. The molecular formula is C23H24N6O. The molecule has 1 amide bonds. The number of benzene rings is 2. The molecule has 152 valence electrons. The number of anilines is 1. The topological polar surface area (TPSA) is 98.2 Å². The normalized spacial score (nSPS) is 12.6. The molecule has 2 heterocycles. The van der Waals surface area contributed by atoms with E-state index >= 15 is 0 Å². The number of fused-ring (bicyclic) bond motifs is 2. The van der Waals surface area contributed by atoms with E-state index in [1.165, 1.54) is 4.68 Å². The van der Waals surface area contributed by atoms with Crippen LogP contribution in [-0.2, 0) is 0 Å². The van der Waals surface area contributed by atoms with E-state index in [9.17, 15) is 4.79 Å². The average Bonchev–Trinajstić information content (AvgIpc) is 3.00. The van der Waals surface area contributed by atoms with Gasteiger partial charge in [-0.15, -0.1) is 0 Å². The Labute approximate surface area is 174 Å². The van der Waals surface area contributed by atoms with Gasteiger partial charge in [0.05, 0.1) is 17.2 Å². The molecule has 4 rings (SSSR count). The Morgan fingerprint density at radius 3 is 2.63 bits per heavy atom. The SMILES string of the molecule is CC[C@H](C)NC(=O)c1c(N)n(/N=C\c2cccc(C)c2)c2nc3ccccc3nc12. The lowest BCUT2D eigenvalue weighted by molar-refractivity contribution is 0.0941. The van der Waals surface area contributed by atoms with E-state index in [4.69, 9.17) is 10.7 Å². The second-order valence-electron chi connectivity index (χ2n) is 7.40. The van der Waals surface area contributed by atoms with Crippen LogP contribution in [0.3, 0.4) is 0 Å². The van der Waals surface area contributed by atoms with Crippen LogP contribution in [0.1, 0.15) is 41.8 Å². The minimum atomic E-state index is -0.277. The summed E-state index contributed by atoms with van der Waals surface area (Å²) in [7, 11) is 0. The number of carbonyl (C=O) groups is 1. The van der Waals surface area contributed by atoms with Crippen LogP contribution in [0, 0.1) is 6.92 Å². The van der Waals surface area contributed by atoms with E-state index < -0.39 is 0 Å². The standard InChI is InChI=1S/C23H24N6O/c1-4-15(3)26-23(30)19-20-22(28-18-11-6-5-10-17(18)27-20)29(21(19)24)25-13-16-9-7-8-14(2)12-16/h5-13,15H,4,24H2,1-3H3,(H,26,30)/b25-13-/t15-/m0/s1. The van der Waals surface area contributed by atoms with Gasteiger partial charge in [-0.05, 0) is 38.0 Å². The number of aryl methyl sites for hydroxylation is 1. The molecule has 7 heteroatoms. The maximum Gasteiger partial charge on any atom is 0.257 e. The predicted octanol–water partition coefficient (Wildman–Crippen LogP) is 3.89. The first kappa shape index (κ1) is 19.6. The highest BCUT2D eigenvalue weighted by Gasteiger charge is 2.24. The number of aromatic nitrogens is 3. The summed E-state index contributed by atoms with van der Waals surface area (Å²) < 4.78 is 1.49. The van der Waals surface area contributed by atoms with Gasteiger partial charge in [-0.1, -0.05) is 48.9 Å². The van der Waals surface area contributed by atoms with E-state index in [2.05, 4.69) is 15.4 Å². The van der Waals surface area contributed by atoms with E-state index in [0.717, 1.165) is 17.5 Å². The van der Waals surface area contributed by atoms with Gasteiger partial charge in [-0.3, -0.25) is 4.79 Å². The highest BCUT2D eigenvalue weighted by Crippen LogP contribution is 2.28. The molecule has 0 fully saturated rings. The van der Waals surface area contributed by atoms with Crippen molar-refractivity contribution in [2.45, 2.75) is 33.2 Å². The highest BCUT2D eigenvalue weighted by atomic mass is 16.1. The van der Waals surface area contributed by atoms with Crippen LogP contribution >= 0.6 is 0 Å². The molecule has 0 unspecified atom stereocenters. The molecule has 2 aromatic carbocycles. The summed E-state index contributed by atoms with van der Waals surface area (Å²) in [5, 5.41) is 7.51. The Morgan fingerprint density at radius 1 is 1.20 bits per heavy atom. The lowest BCUT2D eigenvalue weighted by atomic mass is 10.2. The largest absolute Gasteiger partial charge is 0.383 e. The first-order valence-corrected chi connectivity index (χ1v) is 9.96. The Bertz CT molecular complexity index is 1270. The van der Waals surface area contributed by atoms with Gasteiger partial charge in [0.25, 0.3) is 5.91 Å². The van der Waals surface area contributed by atoms with Crippen LogP contribution in [0.4, 0.5) is 5.82 Å². The third kappa shape index (κ3) is 3.61. The van der Waals surface area contributed by atoms with Gasteiger partial charge in [-0.25, -0.2) is 9.97 Å². The Hall–Kier alpha value is -3.74. The van der Waals surface area contributed by atoms with Gasteiger partial charge in [-0.2, -0.15) is 9.78 Å². The van der Waals surface area contributed by atoms with Crippen molar-refractivity contribution in [1.82, 2.24) is 20.0 Å². The maximum absolute atomic E-state index is 13.0. The van der Waals surface area contributed by atoms with Gasteiger partial charge in [0.15, 0.2) is 5.65 Å². The van der Waals surface area contributed by atoms with Crippen LogP contribution in [0.15, 0.2) is 53.6 Å². The molecule has 0 bridgehead atoms. The molecule has 3 N–H and O–H groups in total. The van der Waals surface area contributed by atoms with Crippen molar-refractivity contribution < 1.29 is 4.79 Å². The molecule has 30 heavy (non-hydrogen) atoms. The van der Waals surface area contributed by atoms with Gasteiger partial charge in [0.1, 0.15) is 16.9 Å². The summed E-state index contributed by atoms with van der Waals surface area (Å²) >= 11 is 0. The Balaban J connectivity index is 1.91. The van der Waals surface area contributed by atoms with Crippen molar-refractivity contribution in [1.29, 1.82) is 0 Å². The first-order chi connectivity index (χ1) is 14.5. The fourth-order valence-electron chi connectivity index (χ4n) is 3.26. The average molecular weight is 400 g/mol. The van der Waals surface area contributed by atoms with Gasteiger partial charge in [0.2, 0.25) is 0 Å². The van der Waals surface area contributed by atoms with E-state index in [1.54, 1.807) is 6.21 Å². The molecule has 0 aliphatic rings. The number of nitrogens with two attached hydrogens (primary N) is 1. The summed E-state index contributed by atoms with van der Waals surface area (Å²) in [5.41, 5.74) is 11.0. The molecule has 0 aliphatic carbocycles. The molecule has 2 aromatic heterocycles. The zero-order valence-electron chi connectivity index (χ0n) is 17.3. The summed E-state index contributed by atoms with van der Waals surface area (Å²) in [6.07, 6.45) is 2.51. The number of nitrogens with one attached hydrogen (secondary N) is 1. The van der Waals surface area contributed by atoms with Gasteiger partial charge in [0, 0.05) is 6.04 Å². The fourth-order valence-corrected chi connectivity index (χ4v) is 3.26. The summed E-state index contributed by atoms with van der Waals surface area (Å²) in [5.74, 6) is -0.0639. The van der Waals surface area contributed by atoms with E-state index in [0.29, 0.717) is 27.8 Å². The van der Waals surface area contributed by atoms with Crippen LogP contribution in [-0.4, -0.2) is 32.8 Å². The highest BCUT2D eigenvalue weighted by molar-refractivity contribution is 6.10. The van der Waals surface area contributed by atoms with Crippen molar-refractivity contribution >= 4 is 40.1 Å². The number of amides is 1. The third-order valence-electron chi connectivity index (χ3n) is 5.06.